The monoisotopic (exact) mass is 408 g/mol. The summed E-state index contributed by atoms with van der Waals surface area (Å²) >= 11 is 0. The van der Waals surface area contributed by atoms with Crippen LogP contribution in [0.25, 0.3) is 0 Å². The summed E-state index contributed by atoms with van der Waals surface area (Å²) in [6.07, 6.45) is 3.10. The zero-order valence-electron chi connectivity index (χ0n) is 17.6. The number of hydrogen-bond acceptors (Lipinski definition) is 5. The molecule has 2 heterocycles. The van der Waals surface area contributed by atoms with Crippen molar-refractivity contribution >= 4 is 11.5 Å². The van der Waals surface area contributed by atoms with Gasteiger partial charge in [-0.15, -0.1) is 0 Å². The van der Waals surface area contributed by atoms with E-state index in [2.05, 4.69) is 34.5 Å². The highest BCUT2D eigenvalue weighted by molar-refractivity contribution is 5.97. The number of Topliss-reactive ketones (excluding diaryl/α,β-unsaturated/α-hetero) is 1. The molecule has 0 radical (unpaired) electrons. The molecule has 30 heavy (non-hydrogen) atoms. The Balaban J connectivity index is 1.25. The van der Waals surface area contributed by atoms with Crippen LogP contribution in [0.3, 0.4) is 0 Å². The van der Waals surface area contributed by atoms with E-state index in [0.717, 1.165) is 56.8 Å². The number of fused-ring (bicyclic) bond motifs is 1. The number of ketones is 1. The molecule has 2 aliphatic heterocycles. The number of aliphatic hydroxyl groups is 1. The summed E-state index contributed by atoms with van der Waals surface area (Å²) in [4.78, 5) is 15.0. The van der Waals surface area contributed by atoms with Gasteiger partial charge in [0.1, 0.15) is 0 Å². The van der Waals surface area contributed by atoms with Gasteiger partial charge in [0.2, 0.25) is 0 Å². The first-order chi connectivity index (χ1) is 14.7. The number of hydrogen-bond donors (Lipinski definition) is 2. The predicted octanol–water partition coefficient (Wildman–Crippen LogP) is 3.52. The third kappa shape index (κ3) is 5.69. The van der Waals surface area contributed by atoms with Crippen LogP contribution in [0.1, 0.15) is 40.7 Å². The van der Waals surface area contributed by atoms with Gasteiger partial charge in [0.25, 0.3) is 0 Å². The number of β-amino-alcohol motifs (C(OH)–C–C–N with tert-alkyl or cyclic N) is 1. The molecule has 2 aromatic carbocycles. The van der Waals surface area contributed by atoms with Crippen molar-refractivity contribution in [3.05, 3.63) is 65.2 Å². The van der Waals surface area contributed by atoms with Crippen molar-refractivity contribution < 1.29 is 14.6 Å². The van der Waals surface area contributed by atoms with E-state index in [0.29, 0.717) is 25.4 Å². The van der Waals surface area contributed by atoms with E-state index in [1.165, 1.54) is 11.1 Å². The zero-order valence-corrected chi connectivity index (χ0v) is 17.6. The highest BCUT2D eigenvalue weighted by Crippen LogP contribution is 2.22. The largest absolute Gasteiger partial charge is 0.390 e. The second-order valence-electron chi connectivity index (χ2n) is 8.55. The van der Waals surface area contributed by atoms with Crippen molar-refractivity contribution in [3.63, 3.8) is 0 Å². The number of nitrogens with one attached hydrogen (secondary N) is 1. The molecular formula is C25H32N2O3. The van der Waals surface area contributed by atoms with Gasteiger partial charge in [0, 0.05) is 57.1 Å². The van der Waals surface area contributed by atoms with Crippen LogP contribution in [0.15, 0.2) is 48.5 Å². The summed E-state index contributed by atoms with van der Waals surface area (Å²) in [6.45, 7) is 4.51. The number of nitrogens with zero attached hydrogens (tertiary/aromatic N) is 1. The fraction of sp³-hybridized carbons (Fsp3) is 0.480. The lowest BCUT2D eigenvalue weighted by molar-refractivity contribution is 0.0601. The highest BCUT2D eigenvalue weighted by atomic mass is 16.5. The maximum absolute atomic E-state index is 12.6. The van der Waals surface area contributed by atoms with E-state index < -0.39 is 6.10 Å². The van der Waals surface area contributed by atoms with Crippen LogP contribution in [0.2, 0.25) is 0 Å². The molecule has 0 amide bonds. The number of ether oxygens (including phenoxy) is 1. The Hall–Kier alpha value is -2.21. The molecule has 2 aromatic rings. The van der Waals surface area contributed by atoms with Gasteiger partial charge in [-0.3, -0.25) is 9.69 Å². The summed E-state index contributed by atoms with van der Waals surface area (Å²) in [5.41, 5.74) is 4.41. The number of carbonyl (C=O) groups excluding carboxylic acids is 1. The average molecular weight is 409 g/mol. The lowest BCUT2D eigenvalue weighted by Gasteiger charge is -2.30. The molecule has 0 spiro atoms. The van der Waals surface area contributed by atoms with Crippen molar-refractivity contribution in [2.75, 3.05) is 38.2 Å². The number of benzene rings is 2. The van der Waals surface area contributed by atoms with Gasteiger partial charge < -0.3 is 15.2 Å². The van der Waals surface area contributed by atoms with Crippen LogP contribution < -0.4 is 5.32 Å². The minimum atomic E-state index is -0.461. The second-order valence-corrected chi connectivity index (χ2v) is 8.55. The summed E-state index contributed by atoms with van der Waals surface area (Å²) in [5.74, 6) is 0.623. The normalized spacial score (nSPS) is 18.6. The average Bonchev–Trinajstić information content (AvgIpc) is 2.78. The first kappa shape index (κ1) is 21.0. The number of carbonyl (C=O) groups is 1. The molecule has 1 unspecified atom stereocenters. The quantitative estimate of drug-likeness (QED) is 0.655. The van der Waals surface area contributed by atoms with Gasteiger partial charge in [-0.2, -0.15) is 0 Å². The Bertz CT molecular complexity index is 848. The van der Waals surface area contributed by atoms with Gasteiger partial charge in [-0.25, -0.2) is 0 Å². The maximum Gasteiger partial charge on any atom is 0.163 e. The molecule has 160 valence electrons. The topological polar surface area (TPSA) is 61.8 Å². The second kappa shape index (κ2) is 10.2. The number of rotatable bonds is 8. The van der Waals surface area contributed by atoms with Gasteiger partial charge in [-0.1, -0.05) is 36.4 Å². The molecular weight excluding hydrogens is 376 g/mol. The fourth-order valence-electron chi connectivity index (χ4n) is 4.44. The molecule has 0 aromatic heterocycles. The van der Waals surface area contributed by atoms with E-state index >= 15 is 0 Å². The van der Waals surface area contributed by atoms with Crippen molar-refractivity contribution in [2.45, 2.75) is 38.3 Å². The summed E-state index contributed by atoms with van der Waals surface area (Å²) in [5, 5.41) is 13.8. The first-order valence-corrected chi connectivity index (χ1v) is 11.1. The van der Waals surface area contributed by atoms with Crippen LogP contribution >= 0.6 is 0 Å². The third-order valence-corrected chi connectivity index (χ3v) is 6.22. The maximum atomic E-state index is 12.6. The Morgan fingerprint density at radius 3 is 2.77 bits per heavy atom. The zero-order chi connectivity index (χ0) is 20.8. The molecule has 4 rings (SSSR count). The fourth-order valence-corrected chi connectivity index (χ4v) is 4.44. The Morgan fingerprint density at radius 1 is 1.13 bits per heavy atom. The van der Waals surface area contributed by atoms with E-state index in [4.69, 9.17) is 4.74 Å². The molecule has 1 saturated heterocycles. The van der Waals surface area contributed by atoms with Crippen molar-refractivity contribution in [1.29, 1.82) is 0 Å². The number of anilines is 1. The van der Waals surface area contributed by atoms with E-state index in [9.17, 15) is 9.90 Å². The van der Waals surface area contributed by atoms with Crippen LogP contribution in [-0.2, 0) is 17.7 Å². The molecule has 1 fully saturated rings. The standard InChI is InChI=1S/C25H32N2O3/c28-24(18-27-11-8-20-4-1-2-5-22(20)17-27)16-26-23-7-3-6-21(15-23)25(29)14-19-9-12-30-13-10-19/h1-7,15,19,24,26,28H,8-14,16-18H2. The predicted molar refractivity (Wildman–Crippen MR) is 119 cm³/mol. The summed E-state index contributed by atoms with van der Waals surface area (Å²) < 4.78 is 5.38. The number of aliphatic hydroxyl groups excluding tert-OH is 1. The minimum absolute atomic E-state index is 0.193. The third-order valence-electron chi connectivity index (χ3n) is 6.22. The van der Waals surface area contributed by atoms with Gasteiger partial charge >= 0.3 is 0 Å². The van der Waals surface area contributed by atoms with Crippen molar-refractivity contribution in [1.82, 2.24) is 4.90 Å². The molecule has 2 N–H and O–H groups in total. The van der Waals surface area contributed by atoms with Crippen LogP contribution in [0, 0.1) is 5.92 Å². The van der Waals surface area contributed by atoms with Crippen LogP contribution in [0.4, 0.5) is 5.69 Å². The summed E-state index contributed by atoms with van der Waals surface area (Å²) in [6, 6.07) is 16.2. The minimum Gasteiger partial charge on any atom is -0.390 e. The molecule has 0 bridgehead atoms. The van der Waals surface area contributed by atoms with Gasteiger partial charge in [0.05, 0.1) is 6.10 Å². The summed E-state index contributed by atoms with van der Waals surface area (Å²) in [7, 11) is 0. The van der Waals surface area contributed by atoms with Crippen LogP contribution in [-0.4, -0.2) is 54.7 Å². The van der Waals surface area contributed by atoms with Crippen LogP contribution in [0.5, 0.6) is 0 Å². The molecule has 2 aliphatic rings. The lowest BCUT2D eigenvalue weighted by atomic mass is 9.92. The van der Waals surface area contributed by atoms with E-state index in [1.54, 1.807) is 0 Å². The molecule has 0 saturated carbocycles. The Kier molecular flexibility index (Phi) is 7.16. The molecule has 5 heteroatoms. The molecule has 5 nitrogen and oxygen atoms in total. The lowest BCUT2D eigenvalue weighted by Crippen LogP contribution is -2.39. The smallest absolute Gasteiger partial charge is 0.163 e. The van der Waals surface area contributed by atoms with Gasteiger partial charge in [0.15, 0.2) is 5.78 Å². The van der Waals surface area contributed by atoms with Gasteiger partial charge in [-0.05, 0) is 48.4 Å². The first-order valence-electron chi connectivity index (χ1n) is 11.1. The molecule has 0 aliphatic carbocycles. The van der Waals surface area contributed by atoms with Crippen molar-refractivity contribution in [3.8, 4) is 0 Å². The van der Waals surface area contributed by atoms with E-state index in [1.807, 2.05) is 24.3 Å². The molecule has 1 atom stereocenters. The highest BCUT2D eigenvalue weighted by Gasteiger charge is 2.20. The van der Waals surface area contributed by atoms with E-state index in [-0.39, 0.29) is 5.78 Å². The Labute approximate surface area is 179 Å². The SMILES string of the molecule is O=C(CC1CCOCC1)c1cccc(NCC(O)CN2CCc3ccccc3C2)c1. The Morgan fingerprint density at radius 2 is 1.93 bits per heavy atom. The van der Waals surface area contributed by atoms with Crippen molar-refractivity contribution in [2.24, 2.45) is 5.92 Å².